The Kier molecular flexibility index (Phi) is 3.83. The van der Waals surface area contributed by atoms with Crippen LogP contribution < -0.4 is 0 Å². The summed E-state index contributed by atoms with van der Waals surface area (Å²) in [6.07, 6.45) is 3.32. The quantitative estimate of drug-likeness (QED) is 0.725. The molecule has 0 aliphatic carbocycles. The first kappa shape index (κ1) is 11.5. The van der Waals surface area contributed by atoms with E-state index in [1.165, 1.54) is 12.0 Å². The smallest absolute Gasteiger partial charge is 0.238 e. The van der Waals surface area contributed by atoms with Crippen LogP contribution in [-0.2, 0) is 4.79 Å². The van der Waals surface area contributed by atoms with Gasteiger partial charge in [-0.15, -0.1) is 11.6 Å². The highest BCUT2D eigenvalue weighted by Crippen LogP contribution is 2.30. The van der Waals surface area contributed by atoms with Crippen LogP contribution in [0.2, 0.25) is 0 Å². The molecule has 0 aromatic heterocycles. The van der Waals surface area contributed by atoms with E-state index in [-0.39, 0.29) is 17.8 Å². The van der Waals surface area contributed by atoms with Crippen LogP contribution in [0.4, 0.5) is 0 Å². The highest BCUT2D eigenvalue weighted by atomic mass is 35.5. The topological polar surface area (TPSA) is 20.3 Å². The van der Waals surface area contributed by atoms with Crippen LogP contribution in [0.15, 0.2) is 30.3 Å². The van der Waals surface area contributed by atoms with Crippen LogP contribution in [0.25, 0.3) is 0 Å². The monoisotopic (exact) mass is 237 g/mol. The second-order valence-corrected chi connectivity index (χ2v) is 4.41. The Morgan fingerprint density at radius 1 is 1.31 bits per heavy atom. The molecule has 1 heterocycles. The predicted octanol–water partition coefficient (Wildman–Crippen LogP) is 2.98. The molecule has 1 aromatic carbocycles. The van der Waals surface area contributed by atoms with Crippen molar-refractivity contribution in [3.63, 3.8) is 0 Å². The molecule has 1 saturated heterocycles. The van der Waals surface area contributed by atoms with Gasteiger partial charge in [-0.05, 0) is 24.8 Å². The lowest BCUT2D eigenvalue weighted by atomic mass is 9.95. The first-order valence-electron chi connectivity index (χ1n) is 5.73. The Morgan fingerprint density at radius 2 is 2.06 bits per heavy atom. The van der Waals surface area contributed by atoms with Crippen molar-refractivity contribution in [2.75, 3.05) is 12.4 Å². The molecule has 1 atom stereocenters. The second kappa shape index (κ2) is 5.35. The lowest BCUT2D eigenvalue weighted by molar-refractivity contribution is -0.132. The molecule has 0 N–H and O–H groups in total. The lowest BCUT2D eigenvalue weighted by Gasteiger charge is -2.35. The van der Waals surface area contributed by atoms with Crippen LogP contribution in [-0.4, -0.2) is 23.2 Å². The number of hydrogen-bond acceptors (Lipinski definition) is 1. The molecule has 0 bridgehead atoms. The third kappa shape index (κ3) is 2.38. The summed E-state index contributed by atoms with van der Waals surface area (Å²) in [5.74, 6) is 0.138. The van der Waals surface area contributed by atoms with Gasteiger partial charge in [-0.3, -0.25) is 4.79 Å². The van der Waals surface area contributed by atoms with E-state index in [4.69, 9.17) is 11.6 Å². The molecule has 3 heteroatoms. The van der Waals surface area contributed by atoms with Crippen LogP contribution in [0.5, 0.6) is 0 Å². The van der Waals surface area contributed by atoms with Gasteiger partial charge in [-0.2, -0.15) is 0 Å². The third-order valence-electron chi connectivity index (χ3n) is 3.12. The van der Waals surface area contributed by atoms with Gasteiger partial charge in [-0.25, -0.2) is 0 Å². The normalized spacial score (nSPS) is 20.8. The van der Waals surface area contributed by atoms with Gasteiger partial charge in [0.15, 0.2) is 0 Å². The minimum absolute atomic E-state index is 0.0511. The number of nitrogens with zero attached hydrogens (tertiary/aromatic N) is 1. The van der Waals surface area contributed by atoms with E-state index in [2.05, 4.69) is 12.1 Å². The highest BCUT2D eigenvalue weighted by Gasteiger charge is 2.26. The summed E-state index contributed by atoms with van der Waals surface area (Å²) in [7, 11) is 0. The number of hydrogen-bond donors (Lipinski definition) is 0. The fraction of sp³-hybridized carbons (Fsp3) is 0.462. The number of likely N-dealkylation sites (tertiary alicyclic amines) is 1. The predicted molar refractivity (Wildman–Crippen MR) is 65.5 cm³/mol. The number of rotatable bonds is 2. The van der Waals surface area contributed by atoms with E-state index < -0.39 is 0 Å². The Morgan fingerprint density at radius 3 is 2.75 bits per heavy atom. The van der Waals surface area contributed by atoms with Gasteiger partial charge in [0.05, 0.1) is 6.04 Å². The largest absolute Gasteiger partial charge is 0.335 e. The summed E-state index contributed by atoms with van der Waals surface area (Å²) in [4.78, 5) is 13.7. The van der Waals surface area contributed by atoms with E-state index in [0.717, 1.165) is 19.4 Å². The van der Waals surface area contributed by atoms with Gasteiger partial charge in [0.1, 0.15) is 5.88 Å². The minimum atomic E-state index is 0.0511. The van der Waals surface area contributed by atoms with Crippen LogP contribution in [0, 0.1) is 0 Å². The Bertz CT molecular complexity index is 352. The molecule has 2 rings (SSSR count). The maximum Gasteiger partial charge on any atom is 0.238 e. The zero-order chi connectivity index (χ0) is 11.4. The van der Waals surface area contributed by atoms with E-state index in [9.17, 15) is 4.79 Å². The van der Waals surface area contributed by atoms with Crippen LogP contribution >= 0.6 is 11.6 Å². The van der Waals surface area contributed by atoms with Crippen molar-refractivity contribution in [2.24, 2.45) is 0 Å². The maximum absolute atomic E-state index is 11.7. The van der Waals surface area contributed by atoms with E-state index in [0.29, 0.717) is 0 Å². The first-order valence-corrected chi connectivity index (χ1v) is 6.27. The summed E-state index contributed by atoms with van der Waals surface area (Å²) in [6, 6.07) is 10.4. The van der Waals surface area contributed by atoms with Crippen molar-refractivity contribution in [1.29, 1.82) is 0 Å². The van der Waals surface area contributed by atoms with Gasteiger partial charge >= 0.3 is 0 Å². The average molecular weight is 238 g/mol. The Balaban J connectivity index is 2.20. The van der Waals surface area contributed by atoms with Gasteiger partial charge < -0.3 is 4.90 Å². The maximum atomic E-state index is 11.7. The molecule has 2 nitrogen and oxygen atoms in total. The van der Waals surface area contributed by atoms with Gasteiger partial charge in [0.2, 0.25) is 5.91 Å². The number of benzene rings is 1. The van der Waals surface area contributed by atoms with Crippen molar-refractivity contribution >= 4 is 17.5 Å². The molecule has 0 spiro atoms. The molecular weight excluding hydrogens is 222 g/mol. The molecule has 1 aliphatic rings. The van der Waals surface area contributed by atoms with Gasteiger partial charge in [-0.1, -0.05) is 30.3 Å². The van der Waals surface area contributed by atoms with Crippen molar-refractivity contribution < 1.29 is 4.79 Å². The number of amides is 1. The molecular formula is C13H16ClNO. The number of halogens is 1. The number of piperidine rings is 1. The van der Waals surface area contributed by atoms with E-state index >= 15 is 0 Å². The zero-order valence-corrected chi connectivity index (χ0v) is 9.99. The van der Waals surface area contributed by atoms with Crippen molar-refractivity contribution in [2.45, 2.75) is 25.3 Å². The molecule has 0 unspecified atom stereocenters. The van der Waals surface area contributed by atoms with E-state index in [1.54, 1.807) is 0 Å². The molecule has 1 aliphatic heterocycles. The standard InChI is InChI=1S/C13H16ClNO/c14-10-13(16)15-9-5-4-8-12(15)11-6-2-1-3-7-11/h1-3,6-7,12H,4-5,8-10H2/t12-/m0/s1. The van der Waals surface area contributed by atoms with Crippen molar-refractivity contribution in [1.82, 2.24) is 4.90 Å². The third-order valence-corrected chi connectivity index (χ3v) is 3.35. The Labute approximate surface area is 101 Å². The molecule has 16 heavy (non-hydrogen) atoms. The summed E-state index contributed by atoms with van der Waals surface area (Å²) >= 11 is 5.65. The van der Waals surface area contributed by atoms with Crippen LogP contribution in [0.1, 0.15) is 30.9 Å². The second-order valence-electron chi connectivity index (χ2n) is 4.14. The fourth-order valence-electron chi connectivity index (χ4n) is 2.33. The number of carbonyl (C=O) groups excluding carboxylic acids is 1. The summed E-state index contributed by atoms with van der Waals surface area (Å²) in [5.41, 5.74) is 1.22. The number of alkyl halides is 1. The minimum Gasteiger partial charge on any atom is -0.335 e. The first-order chi connectivity index (χ1) is 7.83. The molecule has 86 valence electrons. The average Bonchev–Trinajstić information content (AvgIpc) is 2.39. The summed E-state index contributed by atoms with van der Waals surface area (Å²) < 4.78 is 0. The van der Waals surface area contributed by atoms with Crippen molar-refractivity contribution in [3.05, 3.63) is 35.9 Å². The Hall–Kier alpha value is -1.02. The van der Waals surface area contributed by atoms with Crippen LogP contribution in [0.3, 0.4) is 0 Å². The fourth-order valence-corrected chi connectivity index (χ4v) is 2.48. The lowest BCUT2D eigenvalue weighted by Crippen LogP contribution is -2.39. The van der Waals surface area contributed by atoms with Gasteiger partial charge in [0, 0.05) is 6.54 Å². The highest BCUT2D eigenvalue weighted by molar-refractivity contribution is 6.27. The molecule has 1 fully saturated rings. The molecule has 1 aromatic rings. The summed E-state index contributed by atoms with van der Waals surface area (Å²) in [6.45, 7) is 0.838. The molecule has 0 saturated carbocycles. The van der Waals surface area contributed by atoms with Gasteiger partial charge in [0.25, 0.3) is 0 Å². The molecule has 1 amide bonds. The van der Waals surface area contributed by atoms with E-state index in [1.807, 2.05) is 23.1 Å². The molecule has 0 radical (unpaired) electrons. The van der Waals surface area contributed by atoms with Crippen molar-refractivity contribution in [3.8, 4) is 0 Å². The number of carbonyl (C=O) groups is 1. The zero-order valence-electron chi connectivity index (χ0n) is 9.23. The summed E-state index contributed by atoms with van der Waals surface area (Å²) in [5, 5.41) is 0. The SMILES string of the molecule is O=C(CCl)N1CCCC[C@H]1c1ccccc1.